The van der Waals surface area contributed by atoms with Gasteiger partial charge in [-0.2, -0.15) is 0 Å². The lowest BCUT2D eigenvalue weighted by molar-refractivity contribution is -0.127. The lowest BCUT2D eigenvalue weighted by Crippen LogP contribution is -2.28. The first-order chi connectivity index (χ1) is 9.58. The molecule has 0 saturated carbocycles. The highest BCUT2D eigenvalue weighted by Gasteiger charge is 2.15. The maximum Gasteiger partial charge on any atom is 0.233 e. The highest BCUT2D eigenvalue weighted by molar-refractivity contribution is 8.01. The molecule has 2 aromatic rings. The van der Waals surface area contributed by atoms with Gasteiger partial charge in [0.2, 0.25) is 5.91 Å². The number of nitrogens with zero attached hydrogens (tertiary/aromatic N) is 3. The van der Waals surface area contributed by atoms with E-state index >= 15 is 0 Å². The molecule has 4 nitrogen and oxygen atoms in total. The fourth-order valence-electron chi connectivity index (χ4n) is 1.47. The lowest BCUT2D eigenvalue weighted by atomic mass is 10.2. The predicted molar refractivity (Wildman–Crippen MR) is 78.5 cm³/mol. The third-order valence-corrected chi connectivity index (χ3v) is 4.74. The number of amides is 1. The molecule has 106 valence electrons. The molecule has 0 radical (unpaired) electrons. The van der Waals surface area contributed by atoms with Crippen LogP contribution in [0.3, 0.4) is 0 Å². The fraction of sp³-hybridized carbons (Fsp3) is 0.250. The molecule has 1 aromatic carbocycles. The number of carbonyl (C=O) groups is 1. The molecule has 0 aliphatic heterocycles. The Morgan fingerprint density at radius 3 is 3.00 bits per heavy atom. The van der Waals surface area contributed by atoms with Crippen molar-refractivity contribution in [1.29, 1.82) is 0 Å². The zero-order valence-corrected chi connectivity index (χ0v) is 12.9. The molecule has 0 saturated heterocycles. The highest BCUT2D eigenvalue weighted by Crippen LogP contribution is 2.22. The van der Waals surface area contributed by atoms with Crippen LogP contribution in [0, 0.1) is 5.82 Å². The first kappa shape index (κ1) is 15.2. The van der Waals surface area contributed by atoms with Crippen LogP contribution >= 0.6 is 34.7 Å². The summed E-state index contributed by atoms with van der Waals surface area (Å²) in [6.07, 6.45) is 0. The molecule has 20 heavy (non-hydrogen) atoms. The van der Waals surface area contributed by atoms with E-state index in [2.05, 4.69) is 10.2 Å². The fourth-order valence-corrected chi connectivity index (χ4v) is 3.12. The van der Waals surface area contributed by atoms with Crippen molar-refractivity contribution < 1.29 is 9.18 Å². The van der Waals surface area contributed by atoms with E-state index in [1.54, 1.807) is 18.6 Å². The van der Waals surface area contributed by atoms with Crippen molar-refractivity contribution in [1.82, 2.24) is 15.1 Å². The molecular weight excluding hydrogens is 321 g/mol. The Morgan fingerprint density at radius 2 is 2.35 bits per heavy atom. The van der Waals surface area contributed by atoms with Crippen LogP contribution < -0.4 is 0 Å². The van der Waals surface area contributed by atoms with Gasteiger partial charge in [-0.15, -0.1) is 10.2 Å². The third kappa shape index (κ3) is 3.91. The van der Waals surface area contributed by atoms with E-state index in [0.29, 0.717) is 10.6 Å². The van der Waals surface area contributed by atoms with Gasteiger partial charge < -0.3 is 4.90 Å². The van der Waals surface area contributed by atoms with Gasteiger partial charge in [0.1, 0.15) is 11.3 Å². The smallest absolute Gasteiger partial charge is 0.233 e. The van der Waals surface area contributed by atoms with E-state index in [1.165, 1.54) is 40.1 Å². The standard InChI is InChI=1S/C12H11ClFN3OS2/c1-17(5-8-9(13)3-2-4-10(8)14)11(18)6-19-12-16-15-7-20-12/h2-4,7H,5-6H2,1H3. The largest absolute Gasteiger partial charge is 0.341 e. The second kappa shape index (κ2) is 7.01. The van der Waals surface area contributed by atoms with E-state index in [4.69, 9.17) is 11.6 Å². The number of halogens is 2. The van der Waals surface area contributed by atoms with Gasteiger partial charge in [-0.3, -0.25) is 4.79 Å². The summed E-state index contributed by atoms with van der Waals surface area (Å²) in [4.78, 5) is 13.4. The molecule has 0 bridgehead atoms. The first-order valence-electron chi connectivity index (χ1n) is 5.63. The Kier molecular flexibility index (Phi) is 5.33. The quantitative estimate of drug-likeness (QED) is 0.790. The van der Waals surface area contributed by atoms with Gasteiger partial charge in [0.15, 0.2) is 4.34 Å². The van der Waals surface area contributed by atoms with Crippen molar-refractivity contribution in [3.8, 4) is 0 Å². The van der Waals surface area contributed by atoms with Crippen LogP contribution in [-0.2, 0) is 11.3 Å². The Hall–Kier alpha value is -1.18. The average molecular weight is 332 g/mol. The van der Waals surface area contributed by atoms with E-state index in [1.807, 2.05) is 0 Å². The van der Waals surface area contributed by atoms with Gasteiger partial charge in [0.25, 0.3) is 0 Å². The second-order valence-corrected chi connectivity index (χ2v) is 6.41. The van der Waals surface area contributed by atoms with Gasteiger partial charge in [0, 0.05) is 24.2 Å². The molecule has 0 fully saturated rings. The molecule has 0 unspecified atom stereocenters. The van der Waals surface area contributed by atoms with Crippen LogP contribution in [0.5, 0.6) is 0 Å². The third-order valence-electron chi connectivity index (χ3n) is 2.54. The number of aromatic nitrogens is 2. The summed E-state index contributed by atoms with van der Waals surface area (Å²) in [6, 6.07) is 4.47. The van der Waals surface area contributed by atoms with Crippen LogP contribution in [0.2, 0.25) is 5.02 Å². The molecule has 8 heteroatoms. The van der Waals surface area contributed by atoms with Crippen molar-refractivity contribution in [2.24, 2.45) is 0 Å². The second-order valence-electron chi connectivity index (χ2n) is 3.94. The SMILES string of the molecule is CN(Cc1c(F)cccc1Cl)C(=O)CSc1nncs1. The number of carbonyl (C=O) groups excluding carboxylic acids is 1. The Bertz CT molecular complexity index is 574. The van der Waals surface area contributed by atoms with Crippen LogP contribution in [0.25, 0.3) is 0 Å². The number of benzene rings is 1. The molecule has 1 heterocycles. The molecule has 0 atom stereocenters. The Morgan fingerprint density at radius 1 is 1.55 bits per heavy atom. The van der Waals surface area contributed by atoms with Crippen molar-refractivity contribution >= 4 is 40.6 Å². The topological polar surface area (TPSA) is 46.1 Å². The zero-order chi connectivity index (χ0) is 14.5. The summed E-state index contributed by atoms with van der Waals surface area (Å²) in [7, 11) is 1.62. The van der Waals surface area contributed by atoms with E-state index < -0.39 is 5.82 Å². The van der Waals surface area contributed by atoms with E-state index in [-0.39, 0.29) is 18.2 Å². The zero-order valence-electron chi connectivity index (χ0n) is 10.5. The lowest BCUT2D eigenvalue weighted by Gasteiger charge is -2.18. The summed E-state index contributed by atoms with van der Waals surface area (Å²) in [5.74, 6) is -0.295. The van der Waals surface area contributed by atoms with Crippen molar-refractivity contribution in [3.05, 3.63) is 40.1 Å². The minimum Gasteiger partial charge on any atom is -0.341 e. The van der Waals surface area contributed by atoms with Crippen molar-refractivity contribution in [3.63, 3.8) is 0 Å². The molecule has 0 N–H and O–H groups in total. The van der Waals surface area contributed by atoms with Crippen LogP contribution in [-0.4, -0.2) is 33.8 Å². The predicted octanol–water partition coefficient (Wildman–Crippen LogP) is 3.08. The normalized spacial score (nSPS) is 10.6. The molecule has 1 amide bonds. The van der Waals surface area contributed by atoms with Crippen LogP contribution in [0.15, 0.2) is 28.0 Å². The number of hydrogen-bond acceptors (Lipinski definition) is 5. The van der Waals surface area contributed by atoms with Crippen LogP contribution in [0.1, 0.15) is 5.56 Å². The number of hydrogen-bond donors (Lipinski definition) is 0. The number of rotatable bonds is 5. The Balaban J connectivity index is 1.94. The summed E-state index contributed by atoms with van der Waals surface area (Å²) in [5, 5.41) is 7.85. The van der Waals surface area contributed by atoms with Crippen LogP contribution in [0.4, 0.5) is 4.39 Å². The minimum absolute atomic E-state index is 0.121. The van der Waals surface area contributed by atoms with Gasteiger partial charge in [-0.25, -0.2) is 4.39 Å². The molecular formula is C12H11ClFN3OS2. The summed E-state index contributed by atoms with van der Waals surface area (Å²) in [5.41, 5.74) is 1.93. The highest BCUT2D eigenvalue weighted by atomic mass is 35.5. The average Bonchev–Trinajstić information content (AvgIpc) is 2.93. The summed E-state index contributed by atoms with van der Waals surface area (Å²) >= 11 is 8.62. The van der Waals surface area contributed by atoms with Gasteiger partial charge in [-0.1, -0.05) is 40.8 Å². The van der Waals surface area contributed by atoms with Gasteiger partial charge >= 0.3 is 0 Å². The molecule has 2 rings (SSSR count). The van der Waals surface area contributed by atoms with E-state index in [9.17, 15) is 9.18 Å². The van der Waals surface area contributed by atoms with Gasteiger partial charge in [0.05, 0.1) is 5.75 Å². The maximum absolute atomic E-state index is 13.6. The monoisotopic (exact) mass is 331 g/mol. The summed E-state index contributed by atoms with van der Waals surface area (Å²) in [6.45, 7) is 0.140. The van der Waals surface area contributed by atoms with Crippen molar-refractivity contribution in [2.75, 3.05) is 12.8 Å². The molecule has 0 aliphatic rings. The molecule has 1 aromatic heterocycles. The summed E-state index contributed by atoms with van der Waals surface area (Å²) < 4.78 is 14.4. The molecule has 0 aliphatic carbocycles. The number of thioether (sulfide) groups is 1. The van der Waals surface area contributed by atoms with E-state index in [0.717, 1.165) is 4.34 Å². The van der Waals surface area contributed by atoms with Gasteiger partial charge in [-0.05, 0) is 12.1 Å². The maximum atomic E-state index is 13.6. The Labute approximate surface area is 129 Å². The molecule has 0 spiro atoms. The minimum atomic E-state index is -0.408. The first-order valence-corrected chi connectivity index (χ1v) is 7.88. The van der Waals surface area contributed by atoms with Crippen molar-refractivity contribution in [2.45, 2.75) is 10.9 Å².